The minimum Gasteiger partial charge on any atom is -0.369 e. The number of hydrogen-bond acceptors (Lipinski definition) is 4. The standard InChI is InChI=1S/C20H28N4/c1-17-6-5-11-22-20(17)23-13-12-21-19-9-14-24(15-10-19)16-18-7-3-2-4-8-18/h2-8,11,19,21H,9-10,12-16H2,1H3,(H,22,23). The first kappa shape index (κ1) is 16.9. The number of hydrogen-bond donors (Lipinski definition) is 2. The molecule has 0 atom stereocenters. The molecule has 1 aliphatic rings. The van der Waals surface area contributed by atoms with E-state index in [1.807, 2.05) is 12.3 Å². The molecule has 1 fully saturated rings. The highest BCUT2D eigenvalue weighted by Crippen LogP contribution is 2.14. The highest BCUT2D eigenvalue weighted by molar-refractivity contribution is 5.42. The van der Waals surface area contributed by atoms with E-state index >= 15 is 0 Å². The van der Waals surface area contributed by atoms with Crippen molar-refractivity contribution in [1.82, 2.24) is 15.2 Å². The second-order valence-electron chi connectivity index (χ2n) is 6.59. The lowest BCUT2D eigenvalue weighted by molar-refractivity contribution is 0.191. The maximum atomic E-state index is 4.37. The van der Waals surface area contributed by atoms with Crippen molar-refractivity contribution in [3.8, 4) is 0 Å². The molecule has 2 aromatic rings. The first-order chi connectivity index (χ1) is 11.8. The van der Waals surface area contributed by atoms with Crippen LogP contribution in [0.3, 0.4) is 0 Å². The van der Waals surface area contributed by atoms with Crippen molar-refractivity contribution in [3.05, 3.63) is 59.8 Å². The third-order valence-electron chi connectivity index (χ3n) is 4.70. The van der Waals surface area contributed by atoms with Gasteiger partial charge < -0.3 is 10.6 Å². The van der Waals surface area contributed by atoms with E-state index in [4.69, 9.17) is 0 Å². The molecule has 4 heteroatoms. The number of pyridine rings is 1. The van der Waals surface area contributed by atoms with Crippen LogP contribution in [0.25, 0.3) is 0 Å². The predicted octanol–water partition coefficient (Wildman–Crippen LogP) is 3.06. The van der Waals surface area contributed by atoms with E-state index < -0.39 is 0 Å². The van der Waals surface area contributed by atoms with Gasteiger partial charge in [0.1, 0.15) is 5.82 Å². The number of nitrogens with one attached hydrogen (secondary N) is 2. The van der Waals surface area contributed by atoms with E-state index in [0.29, 0.717) is 6.04 Å². The van der Waals surface area contributed by atoms with E-state index in [1.54, 1.807) is 0 Å². The van der Waals surface area contributed by atoms with Crippen molar-refractivity contribution in [3.63, 3.8) is 0 Å². The maximum Gasteiger partial charge on any atom is 0.128 e. The molecule has 2 heterocycles. The van der Waals surface area contributed by atoms with Crippen LogP contribution in [0, 0.1) is 6.92 Å². The number of rotatable bonds is 7. The average molecular weight is 324 g/mol. The zero-order valence-corrected chi connectivity index (χ0v) is 14.5. The molecule has 128 valence electrons. The molecule has 0 spiro atoms. The molecule has 0 saturated carbocycles. The summed E-state index contributed by atoms with van der Waals surface area (Å²) in [6, 6.07) is 15.5. The van der Waals surface area contributed by atoms with Crippen LogP contribution in [-0.2, 0) is 6.54 Å². The SMILES string of the molecule is Cc1cccnc1NCCNC1CCN(Cc2ccccc2)CC1. The first-order valence-electron chi connectivity index (χ1n) is 8.96. The fourth-order valence-electron chi connectivity index (χ4n) is 3.26. The Hall–Kier alpha value is -1.91. The average Bonchev–Trinajstić information content (AvgIpc) is 2.62. The number of benzene rings is 1. The van der Waals surface area contributed by atoms with Gasteiger partial charge in [0, 0.05) is 31.9 Å². The number of aromatic nitrogens is 1. The van der Waals surface area contributed by atoms with Gasteiger partial charge in [0.05, 0.1) is 0 Å². The minimum atomic E-state index is 0.642. The Morgan fingerprint density at radius 3 is 2.58 bits per heavy atom. The Labute approximate surface area is 145 Å². The Kier molecular flexibility index (Phi) is 6.21. The normalized spacial score (nSPS) is 16.2. The van der Waals surface area contributed by atoms with Gasteiger partial charge in [-0.15, -0.1) is 0 Å². The number of aryl methyl sites for hydroxylation is 1. The van der Waals surface area contributed by atoms with Gasteiger partial charge in [-0.25, -0.2) is 4.98 Å². The molecule has 3 rings (SSSR count). The third-order valence-corrected chi connectivity index (χ3v) is 4.70. The Balaban J connectivity index is 1.32. The van der Waals surface area contributed by atoms with Gasteiger partial charge in [-0.1, -0.05) is 36.4 Å². The second kappa shape index (κ2) is 8.81. The fourth-order valence-corrected chi connectivity index (χ4v) is 3.26. The van der Waals surface area contributed by atoms with E-state index in [2.05, 4.69) is 63.8 Å². The summed E-state index contributed by atoms with van der Waals surface area (Å²) in [5.41, 5.74) is 2.62. The van der Waals surface area contributed by atoms with E-state index in [0.717, 1.165) is 25.5 Å². The Morgan fingerprint density at radius 1 is 1.04 bits per heavy atom. The summed E-state index contributed by atoms with van der Waals surface area (Å²) < 4.78 is 0. The van der Waals surface area contributed by atoms with Crippen molar-refractivity contribution in [1.29, 1.82) is 0 Å². The lowest BCUT2D eigenvalue weighted by Gasteiger charge is -2.32. The quantitative estimate of drug-likeness (QED) is 0.768. The molecule has 0 radical (unpaired) electrons. The molecular weight excluding hydrogens is 296 g/mol. The van der Waals surface area contributed by atoms with Gasteiger partial charge in [0.15, 0.2) is 0 Å². The van der Waals surface area contributed by atoms with Gasteiger partial charge in [-0.2, -0.15) is 0 Å². The summed E-state index contributed by atoms with van der Waals surface area (Å²) >= 11 is 0. The first-order valence-corrected chi connectivity index (χ1v) is 8.96. The molecule has 0 aliphatic carbocycles. The van der Waals surface area contributed by atoms with Gasteiger partial charge in [-0.3, -0.25) is 4.90 Å². The van der Waals surface area contributed by atoms with Crippen LogP contribution in [0.2, 0.25) is 0 Å². The van der Waals surface area contributed by atoms with Gasteiger partial charge in [0.25, 0.3) is 0 Å². The summed E-state index contributed by atoms with van der Waals surface area (Å²) in [6.07, 6.45) is 4.30. The fraction of sp³-hybridized carbons (Fsp3) is 0.450. The smallest absolute Gasteiger partial charge is 0.128 e. The van der Waals surface area contributed by atoms with Crippen molar-refractivity contribution < 1.29 is 0 Å². The Bertz CT molecular complexity index is 606. The molecular formula is C20H28N4. The van der Waals surface area contributed by atoms with Crippen molar-refractivity contribution in [2.24, 2.45) is 0 Å². The van der Waals surface area contributed by atoms with Crippen molar-refractivity contribution >= 4 is 5.82 Å². The predicted molar refractivity (Wildman–Crippen MR) is 100 cm³/mol. The summed E-state index contributed by atoms with van der Waals surface area (Å²) in [5, 5.41) is 7.09. The van der Waals surface area contributed by atoms with Crippen LogP contribution in [0.1, 0.15) is 24.0 Å². The van der Waals surface area contributed by atoms with E-state index in [9.17, 15) is 0 Å². The lowest BCUT2D eigenvalue weighted by atomic mass is 10.0. The van der Waals surface area contributed by atoms with Crippen LogP contribution in [0.4, 0.5) is 5.82 Å². The van der Waals surface area contributed by atoms with Gasteiger partial charge in [0.2, 0.25) is 0 Å². The monoisotopic (exact) mass is 324 g/mol. The minimum absolute atomic E-state index is 0.642. The van der Waals surface area contributed by atoms with Gasteiger partial charge >= 0.3 is 0 Å². The highest BCUT2D eigenvalue weighted by atomic mass is 15.1. The summed E-state index contributed by atoms with van der Waals surface area (Å²) in [5.74, 6) is 0.997. The zero-order valence-electron chi connectivity index (χ0n) is 14.5. The zero-order chi connectivity index (χ0) is 16.6. The molecule has 1 saturated heterocycles. The molecule has 4 nitrogen and oxygen atoms in total. The second-order valence-corrected chi connectivity index (χ2v) is 6.59. The van der Waals surface area contributed by atoms with E-state index in [-0.39, 0.29) is 0 Å². The number of anilines is 1. The topological polar surface area (TPSA) is 40.2 Å². The van der Waals surface area contributed by atoms with Gasteiger partial charge in [-0.05, 0) is 50.0 Å². The van der Waals surface area contributed by atoms with Crippen LogP contribution in [0.15, 0.2) is 48.7 Å². The molecule has 24 heavy (non-hydrogen) atoms. The molecule has 0 unspecified atom stereocenters. The largest absolute Gasteiger partial charge is 0.369 e. The molecule has 1 aliphatic heterocycles. The molecule has 0 bridgehead atoms. The maximum absolute atomic E-state index is 4.37. The molecule has 2 N–H and O–H groups in total. The molecule has 1 aromatic heterocycles. The summed E-state index contributed by atoms with van der Waals surface area (Å²) in [4.78, 5) is 6.93. The third kappa shape index (κ3) is 5.05. The van der Waals surface area contributed by atoms with Crippen LogP contribution in [0.5, 0.6) is 0 Å². The van der Waals surface area contributed by atoms with Crippen molar-refractivity contribution in [2.75, 3.05) is 31.5 Å². The van der Waals surface area contributed by atoms with Crippen LogP contribution >= 0.6 is 0 Å². The number of likely N-dealkylation sites (tertiary alicyclic amines) is 1. The van der Waals surface area contributed by atoms with E-state index in [1.165, 1.54) is 37.1 Å². The summed E-state index contributed by atoms with van der Waals surface area (Å²) in [6.45, 7) is 7.43. The molecule has 1 aromatic carbocycles. The lowest BCUT2D eigenvalue weighted by Crippen LogP contribution is -2.43. The van der Waals surface area contributed by atoms with Crippen LogP contribution < -0.4 is 10.6 Å². The molecule has 0 amide bonds. The van der Waals surface area contributed by atoms with Crippen molar-refractivity contribution in [2.45, 2.75) is 32.4 Å². The number of piperidine rings is 1. The van der Waals surface area contributed by atoms with Crippen LogP contribution in [-0.4, -0.2) is 42.1 Å². The number of nitrogens with zero attached hydrogens (tertiary/aromatic N) is 2. The highest BCUT2D eigenvalue weighted by Gasteiger charge is 2.18. The summed E-state index contributed by atoms with van der Waals surface area (Å²) in [7, 11) is 0. The Morgan fingerprint density at radius 2 is 1.83 bits per heavy atom.